The van der Waals surface area contributed by atoms with Crippen molar-refractivity contribution in [3.05, 3.63) is 0 Å². The van der Waals surface area contributed by atoms with Crippen LogP contribution in [0.5, 0.6) is 0 Å². The van der Waals surface area contributed by atoms with Crippen molar-refractivity contribution < 1.29 is 14.3 Å². The van der Waals surface area contributed by atoms with Gasteiger partial charge < -0.3 is 9.47 Å². The monoisotopic (exact) mass is 144 g/mol. The summed E-state index contributed by atoms with van der Waals surface area (Å²) in [7, 11) is 0. The summed E-state index contributed by atoms with van der Waals surface area (Å²) in [6, 6.07) is 0. The highest BCUT2D eigenvalue weighted by Crippen LogP contribution is 2.20. The average Bonchev–Trinajstić information content (AvgIpc) is 1.82. The molecule has 0 spiro atoms. The lowest BCUT2D eigenvalue weighted by Gasteiger charge is -2.31. The van der Waals surface area contributed by atoms with Crippen LogP contribution in [0.15, 0.2) is 0 Å². The summed E-state index contributed by atoms with van der Waals surface area (Å²) in [5.74, 6) is -0.222. The highest BCUT2D eigenvalue weighted by Gasteiger charge is 2.33. The van der Waals surface area contributed by atoms with Gasteiger partial charge in [-0.25, -0.2) is 4.79 Å². The molecule has 0 aliphatic carbocycles. The van der Waals surface area contributed by atoms with Crippen LogP contribution in [-0.2, 0) is 14.3 Å². The summed E-state index contributed by atoms with van der Waals surface area (Å²) >= 11 is 0. The maximum Gasteiger partial charge on any atom is 0.335 e. The molecular weight excluding hydrogens is 132 g/mol. The van der Waals surface area contributed by atoms with Crippen LogP contribution >= 0.6 is 0 Å². The first-order chi connectivity index (χ1) is 4.74. The number of esters is 1. The van der Waals surface area contributed by atoms with Gasteiger partial charge in [0.2, 0.25) is 0 Å². The van der Waals surface area contributed by atoms with Crippen LogP contribution in [0.25, 0.3) is 0 Å². The Kier molecular flexibility index (Phi) is 2.27. The highest BCUT2D eigenvalue weighted by atomic mass is 16.6. The predicted octanol–water partition coefficient (Wildman–Crippen LogP) is 0.727. The van der Waals surface area contributed by atoms with Gasteiger partial charge in [0.05, 0.1) is 12.7 Å². The van der Waals surface area contributed by atoms with Crippen molar-refractivity contribution in [3.8, 4) is 0 Å². The lowest BCUT2D eigenvalue weighted by molar-refractivity contribution is -0.181. The minimum atomic E-state index is -0.282. The normalized spacial score (nSPS) is 31.0. The van der Waals surface area contributed by atoms with Crippen molar-refractivity contribution in [2.24, 2.45) is 0 Å². The molecule has 1 saturated heterocycles. The molecule has 10 heavy (non-hydrogen) atoms. The first kappa shape index (κ1) is 7.54. The number of carbonyl (C=O) groups is 1. The van der Waals surface area contributed by atoms with Gasteiger partial charge in [0.1, 0.15) is 0 Å². The quantitative estimate of drug-likeness (QED) is 0.536. The van der Waals surface area contributed by atoms with Crippen molar-refractivity contribution in [2.75, 3.05) is 6.61 Å². The molecule has 0 aromatic rings. The van der Waals surface area contributed by atoms with Crippen LogP contribution in [-0.4, -0.2) is 24.8 Å². The zero-order valence-corrected chi connectivity index (χ0v) is 6.29. The minimum Gasteiger partial charge on any atom is -0.464 e. The number of ether oxygens (including phenoxy) is 2. The number of hydrogen-bond acceptors (Lipinski definition) is 3. The number of rotatable bonds is 2. The van der Waals surface area contributed by atoms with Gasteiger partial charge in [-0.2, -0.15) is 0 Å². The molecule has 0 bridgehead atoms. The molecule has 0 N–H and O–H groups in total. The zero-order valence-electron chi connectivity index (χ0n) is 6.29. The van der Waals surface area contributed by atoms with E-state index in [4.69, 9.17) is 9.47 Å². The smallest absolute Gasteiger partial charge is 0.335 e. The fourth-order valence-corrected chi connectivity index (χ4v) is 0.958. The summed E-state index contributed by atoms with van der Waals surface area (Å²) in [5, 5.41) is 0. The Hall–Kier alpha value is -0.570. The lowest BCUT2D eigenvalue weighted by atomic mass is 10.1. The second kappa shape index (κ2) is 3.01. The average molecular weight is 144 g/mol. The molecule has 0 aromatic heterocycles. The van der Waals surface area contributed by atoms with Crippen LogP contribution in [0.4, 0.5) is 0 Å². The summed E-state index contributed by atoms with van der Waals surface area (Å²) in [6.45, 7) is 4.17. The molecule has 0 saturated carbocycles. The van der Waals surface area contributed by atoms with E-state index in [-0.39, 0.29) is 18.2 Å². The zero-order chi connectivity index (χ0) is 7.56. The molecule has 0 aromatic carbocycles. The Labute approximate surface area is 60.3 Å². The van der Waals surface area contributed by atoms with Crippen LogP contribution in [0.3, 0.4) is 0 Å². The third-order valence-electron chi connectivity index (χ3n) is 1.49. The SMILES string of the molecule is CCOC(=O)C1C[C@H](C)O1. The molecule has 3 nitrogen and oxygen atoms in total. The van der Waals surface area contributed by atoms with Crippen molar-refractivity contribution >= 4 is 5.97 Å². The summed E-state index contributed by atoms with van der Waals surface area (Å²) < 4.78 is 9.81. The van der Waals surface area contributed by atoms with E-state index in [1.807, 2.05) is 6.92 Å². The topological polar surface area (TPSA) is 35.5 Å². The second-order valence-corrected chi connectivity index (χ2v) is 2.42. The first-order valence-electron chi connectivity index (χ1n) is 3.56. The first-order valence-corrected chi connectivity index (χ1v) is 3.56. The maximum atomic E-state index is 10.8. The molecule has 1 aliphatic rings. The largest absolute Gasteiger partial charge is 0.464 e. The van der Waals surface area contributed by atoms with E-state index in [0.29, 0.717) is 6.61 Å². The van der Waals surface area contributed by atoms with Gasteiger partial charge in [0, 0.05) is 6.42 Å². The minimum absolute atomic E-state index is 0.222. The van der Waals surface area contributed by atoms with E-state index >= 15 is 0 Å². The van der Waals surface area contributed by atoms with Gasteiger partial charge in [-0.1, -0.05) is 0 Å². The standard InChI is InChI=1S/C7H12O3/c1-3-9-7(8)6-4-5(2)10-6/h5-6H,3-4H2,1-2H3/t5-,6?/m0/s1. The summed E-state index contributed by atoms with van der Waals surface area (Å²) in [6.07, 6.45) is 0.753. The van der Waals surface area contributed by atoms with E-state index < -0.39 is 0 Å². The lowest BCUT2D eigenvalue weighted by Crippen LogP contribution is -2.42. The molecule has 1 aliphatic heterocycles. The molecule has 1 heterocycles. The fraction of sp³-hybridized carbons (Fsp3) is 0.857. The molecule has 3 heteroatoms. The van der Waals surface area contributed by atoms with E-state index in [9.17, 15) is 4.79 Å². The Morgan fingerprint density at radius 2 is 2.40 bits per heavy atom. The highest BCUT2D eigenvalue weighted by molar-refractivity contribution is 5.75. The van der Waals surface area contributed by atoms with Crippen LogP contribution in [0.2, 0.25) is 0 Å². The van der Waals surface area contributed by atoms with Crippen molar-refractivity contribution in [1.29, 1.82) is 0 Å². The van der Waals surface area contributed by atoms with Crippen molar-refractivity contribution in [2.45, 2.75) is 32.5 Å². The third-order valence-corrected chi connectivity index (χ3v) is 1.49. The van der Waals surface area contributed by atoms with Gasteiger partial charge in [-0.15, -0.1) is 0 Å². The van der Waals surface area contributed by atoms with Gasteiger partial charge >= 0.3 is 5.97 Å². The Morgan fingerprint density at radius 3 is 2.80 bits per heavy atom. The molecular formula is C7H12O3. The van der Waals surface area contributed by atoms with Crippen LogP contribution < -0.4 is 0 Å². The molecule has 1 unspecified atom stereocenters. The summed E-state index contributed by atoms with van der Waals surface area (Å²) in [5.41, 5.74) is 0. The third kappa shape index (κ3) is 1.48. The Morgan fingerprint density at radius 1 is 1.80 bits per heavy atom. The second-order valence-electron chi connectivity index (χ2n) is 2.42. The van der Waals surface area contributed by atoms with Crippen LogP contribution in [0, 0.1) is 0 Å². The number of hydrogen-bond donors (Lipinski definition) is 0. The maximum absolute atomic E-state index is 10.8. The summed E-state index contributed by atoms with van der Waals surface area (Å²) in [4.78, 5) is 10.8. The van der Waals surface area contributed by atoms with Crippen LogP contribution in [0.1, 0.15) is 20.3 Å². The molecule has 1 fully saturated rings. The molecule has 1 rings (SSSR count). The molecule has 0 radical (unpaired) electrons. The molecule has 0 amide bonds. The van der Waals surface area contributed by atoms with Crippen molar-refractivity contribution in [1.82, 2.24) is 0 Å². The van der Waals surface area contributed by atoms with Crippen molar-refractivity contribution in [3.63, 3.8) is 0 Å². The van der Waals surface area contributed by atoms with Gasteiger partial charge in [-0.05, 0) is 13.8 Å². The Balaban J connectivity index is 2.18. The van der Waals surface area contributed by atoms with E-state index in [1.165, 1.54) is 0 Å². The van der Waals surface area contributed by atoms with E-state index in [0.717, 1.165) is 6.42 Å². The van der Waals surface area contributed by atoms with E-state index in [1.54, 1.807) is 6.92 Å². The van der Waals surface area contributed by atoms with Gasteiger partial charge in [-0.3, -0.25) is 0 Å². The fourth-order valence-electron chi connectivity index (χ4n) is 0.958. The Bertz CT molecular complexity index is 127. The molecule has 58 valence electrons. The predicted molar refractivity (Wildman–Crippen MR) is 35.6 cm³/mol. The van der Waals surface area contributed by atoms with E-state index in [2.05, 4.69) is 0 Å². The van der Waals surface area contributed by atoms with Gasteiger partial charge in [0.25, 0.3) is 0 Å². The number of carbonyl (C=O) groups excluding carboxylic acids is 1. The molecule has 2 atom stereocenters. The van der Waals surface area contributed by atoms with Gasteiger partial charge in [0.15, 0.2) is 6.10 Å².